The average Bonchev–Trinajstić information content (AvgIpc) is 3.15. The third kappa shape index (κ3) is 6.87. The quantitative estimate of drug-likeness (QED) is 0.204. The summed E-state index contributed by atoms with van der Waals surface area (Å²) in [6, 6.07) is 15.6. The van der Waals surface area contributed by atoms with E-state index in [0.717, 1.165) is 26.7 Å². The Morgan fingerprint density at radius 1 is 1.12 bits per heavy atom. The highest BCUT2D eigenvalue weighted by atomic mass is 79.9. The summed E-state index contributed by atoms with van der Waals surface area (Å²) in [5.74, 6) is -0.958. The van der Waals surface area contributed by atoms with Crippen molar-refractivity contribution in [3.63, 3.8) is 0 Å². The van der Waals surface area contributed by atoms with Crippen LogP contribution in [0, 0.1) is 0 Å². The molecule has 1 aliphatic rings. The topological polar surface area (TPSA) is 119 Å². The lowest BCUT2D eigenvalue weighted by atomic mass is 10.1. The number of halogens is 2. The zero-order valence-electron chi connectivity index (χ0n) is 21.1. The van der Waals surface area contributed by atoms with Gasteiger partial charge in [-0.2, -0.15) is 8.42 Å². The smallest absolute Gasteiger partial charge is 0.339 e. The van der Waals surface area contributed by atoms with E-state index < -0.39 is 21.3 Å². The van der Waals surface area contributed by atoms with Crippen LogP contribution in [0.1, 0.15) is 25.0 Å². The lowest BCUT2D eigenvalue weighted by molar-refractivity contribution is -0.123. The van der Waals surface area contributed by atoms with Crippen molar-refractivity contribution in [3.8, 4) is 11.5 Å². The molecule has 4 rings (SSSR count). The van der Waals surface area contributed by atoms with Crippen LogP contribution in [-0.2, 0) is 26.3 Å². The zero-order chi connectivity index (χ0) is 29.0. The van der Waals surface area contributed by atoms with Gasteiger partial charge in [0.15, 0.2) is 5.75 Å². The van der Waals surface area contributed by atoms with Gasteiger partial charge in [0.1, 0.15) is 4.90 Å². The highest BCUT2D eigenvalue weighted by Gasteiger charge is 2.35. The molecule has 9 nitrogen and oxygen atoms in total. The molecule has 1 heterocycles. The summed E-state index contributed by atoms with van der Waals surface area (Å²) in [7, 11) is -4.32. The number of thioether (sulfide) groups is 1. The molecule has 0 atom stereocenters. The van der Waals surface area contributed by atoms with E-state index in [1.165, 1.54) is 49.4 Å². The van der Waals surface area contributed by atoms with Crippen LogP contribution in [0.3, 0.4) is 0 Å². The maximum absolute atomic E-state index is 13.0. The van der Waals surface area contributed by atoms with E-state index in [2.05, 4.69) is 21.2 Å². The van der Waals surface area contributed by atoms with Crippen molar-refractivity contribution in [2.45, 2.75) is 25.3 Å². The summed E-state index contributed by atoms with van der Waals surface area (Å²) in [5, 5.41) is 2.06. The van der Waals surface area contributed by atoms with Crippen molar-refractivity contribution in [1.82, 2.24) is 4.90 Å². The van der Waals surface area contributed by atoms with Gasteiger partial charge in [0, 0.05) is 17.1 Å². The standard InChI is InChI=1S/C27H22BrClN2O7S2/c1-3-37-23-13-17(14-24-26(33)31(27(34)39-24)15-18-6-4-5-7-21(18)28)12-22(29)25(23)38-40(35,36)20-10-8-19(9-11-20)30-16(2)32/h4-14H,3,15H2,1-2H3,(H,30,32)/b24-14-. The van der Waals surface area contributed by atoms with Crippen molar-refractivity contribution in [2.24, 2.45) is 0 Å². The van der Waals surface area contributed by atoms with E-state index in [-0.39, 0.29) is 45.4 Å². The number of carbonyl (C=O) groups excluding carboxylic acids is 3. The fraction of sp³-hybridized carbons (Fsp3) is 0.148. The number of carbonyl (C=O) groups is 3. The second-order valence-corrected chi connectivity index (χ2v) is 12.2. The number of nitrogens with zero attached hydrogens (tertiary/aromatic N) is 1. The summed E-state index contributed by atoms with van der Waals surface area (Å²) in [5.41, 5.74) is 1.61. The predicted molar refractivity (Wildman–Crippen MR) is 157 cm³/mol. The fourth-order valence-corrected chi connectivity index (χ4v) is 6.17. The van der Waals surface area contributed by atoms with Gasteiger partial charge in [0.25, 0.3) is 11.1 Å². The molecule has 3 aromatic carbocycles. The summed E-state index contributed by atoms with van der Waals surface area (Å²) in [6.07, 6.45) is 1.48. The highest BCUT2D eigenvalue weighted by molar-refractivity contribution is 9.10. The minimum Gasteiger partial charge on any atom is -0.490 e. The van der Waals surface area contributed by atoms with Crippen LogP contribution in [0.2, 0.25) is 5.02 Å². The van der Waals surface area contributed by atoms with E-state index in [1.54, 1.807) is 6.92 Å². The number of hydrogen-bond acceptors (Lipinski definition) is 8. The van der Waals surface area contributed by atoms with Gasteiger partial charge in [0.2, 0.25) is 11.7 Å². The first-order chi connectivity index (χ1) is 19.0. The molecule has 0 aromatic heterocycles. The number of rotatable bonds is 9. The number of benzene rings is 3. The van der Waals surface area contributed by atoms with Crippen molar-refractivity contribution >= 4 is 78.2 Å². The van der Waals surface area contributed by atoms with E-state index in [4.69, 9.17) is 20.5 Å². The van der Waals surface area contributed by atoms with E-state index >= 15 is 0 Å². The van der Waals surface area contributed by atoms with Crippen LogP contribution in [-0.4, -0.2) is 37.0 Å². The van der Waals surface area contributed by atoms with Gasteiger partial charge in [0.05, 0.1) is 23.1 Å². The van der Waals surface area contributed by atoms with Crippen LogP contribution in [0.15, 0.2) is 74.9 Å². The molecule has 3 aromatic rings. The number of hydrogen-bond donors (Lipinski definition) is 1. The SMILES string of the molecule is CCOc1cc(/C=C2\SC(=O)N(Cc3ccccc3Br)C2=O)cc(Cl)c1OS(=O)(=O)c1ccc(NC(C)=O)cc1. The maximum Gasteiger partial charge on any atom is 0.339 e. The first-order valence-electron chi connectivity index (χ1n) is 11.8. The van der Waals surface area contributed by atoms with E-state index in [9.17, 15) is 22.8 Å². The van der Waals surface area contributed by atoms with Gasteiger partial charge in [-0.25, -0.2) is 0 Å². The first-order valence-corrected chi connectivity index (χ1v) is 15.2. The molecule has 13 heteroatoms. The molecule has 208 valence electrons. The molecule has 0 saturated carbocycles. The molecule has 0 aliphatic carbocycles. The van der Waals surface area contributed by atoms with Crippen molar-refractivity contribution in [1.29, 1.82) is 0 Å². The van der Waals surface area contributed by atoms with Gasteiger partial charge in [-0.15, -0.1) is 0 Å². The number of anilines is 1. The minimum atomic E-state index is -4.32. The summed E-state index contributed by atoms with van der Waals surface area (Å²) in [6.45, 7) is 3.31. The predicted octanol–water partition coefficient (Wildman–Crippen LogP) is 6.46. The van der Waals surface area contributed by atoms with Crippen LogP contribution >= 0.6 is 39.3 Å². The molecule has 0 spiro atoms. The Kier molecular flexibility index (Phi) is 9.24. The third-order valence-electron chi connectivity index (χ3n) is 5.45. The monoisotopic (exact) mass is 664 g/mol. The Hall–Kier alpha value is -3.32. The molecular formula is C27H22BrClN2O7S2. The van der Waals surface area contributed by atoms with Crippen molar-refractivity contribution in [2.75, 3.05) is 11.9 Å². The Morgan fingerprint density at radius 3 is 2.48 bits per heavy atom. The van der Waals surface area contributed by atoms with Crippen molar-refractivity contribution in [3.05, 3.63) is 86.2 Å². The molecule has 3 amide bonds. The molecule has 0 bridgehead atoms. The second-order valence-electron chi connectivity index (χ2n) is 8.37. The Morgan fingerprint density at radius 2 is 1.82 bits per heavy atom. The summed E-state index contributed by atoms with van der Waals surface area (Å²) >= 11 is 10.6. The molecule has 1 N–H and O–H groups in total. The Bertz CT molecular complexity index is 1630. The van der Waals surface area contributed by atoms with Crippen LogP contribution < -0.4 is 14.2 Å². The van der Waals surface area contributed by atoms with Gasteiger partial charge >= 0.3 is 10.1 Å². The van der Waals surface area contributed by atoms with Gasteiger partial charge in [-0.05, 0) is 78.4 Å². The molecule has 40 heavy (non-hydrogen) atoms. The average molecular weight is 666 g/mol. The summed E-state index contributed by atoms with van der Waals surface area (Å²) < 4.78 is 37.7. The number of amides is 3. The highest BCUT2D eigenvalue weighted by Crippen LogP contribution is 2.41. The van der Waals surface area contributed by atoms with Gasteiger partial charge < -0.3 is 14.2 Å². The third-order valence-corrected chi connectivity index (χ3v) is 8.64. The Balaban J connectivity index is 1.60. The molecule has 0 radical (unpaired) electrons. The van der Waals surface area contributed by atoms with E-state index in [1.807, 2.05) is 24.3 Å². The Labute approximate surface area is 248 Å². The van der Waals surface area contributed by atoms with Crippen molar-refractivity contribution < 1.29 is 31.7 Å². The summed E-state index contributed by atoms with van der Waals surface area (Å²) in [4.78, 5) is 38.0. The molecule has 1 saturated heterocycles. The number of nitrogens with one attached hydrogen (secondary N) is 1. The molecular weight excluding hydrogens is 644 g/mol. The fourth-order valence-electron chi connectivity index (χ4n) is 3.67. The van der Waals surface area contributed by atoms with Crippen LogP contribution in [0.25, 0.3) is 6.08 Å². The maximum atomic E-state index is 13.0. The number of imide groups is 1. The van der Waals surface area contributed by atoms with Crippen LogP contribution in [0.5, 0.6) is 11.5 Å². The zero-order valence-corrected chi connectivity index (χ0v) is 25.1. The van der Waals surface area contributed by atoms with Gasteiger partial charge in [-0.1, -0.05) is 45.7 Å². The second kappa shape index (κ2) is 12.5. The molecule has 0 unspecified atom stereocenters. The largest absolute Gasteiger partial charge is 0.490 e. The number of ether oxygens (including phenoxy) is 1. The normalized spacial score (nSPS) is 14.5. The van der Waals surface area contributed by atoms with E-state index in [0.29, 0.717) is 11.3 Å². The van der Waals surface area contributed by atoms with Crippen LogP contribution in [0.4, 0.5) is 10.5 Å². The van der Waals surface area contributed by atoms with Gasteiger partial charge in [-0.3, -0.25) is 19.3 Å². The first kappa shape index (κ1) is 29.7. The minimum absolute atomic E-state index is 0.0344. The molecule has 1 aliphatic heterocycles. The lowest BCUT2D eigenvalue weighted by Crippen LogP contribution is -2.27. The molecule has 1 fully saturated rings. The lowest BCUT2D eigenvalue weighted by Gasteiger charge is -2.15.